The van der Waals surface area contributed by atoms with Crippen molar-refractivity contribution in [1.82, 2.24) is 10.2 Å². The van der Waals surface area contributed by atoms with Gasteiger partial charge in [-0.05, 0) is 44.7 Å². The van der Waals surface area contributed by atoms with Gasteiger partial charge in [0.05, 0.1) is 5.56 Å². The van der Waals surface area contributed by atoms with Crippen molar-refractivity contribution in [2.24, 2.45) is 5.41 Å². The molecular formula is C25H39N3O2. The highest BCUT2D eigenvalue weighted by Gasteiger charge is 2.30. The number of carbonyl (C=O) groups excluding carboxylic acids is 2. The van der Waals surface area contributed by atoms with E-state index in [2.05, 4.69) is 28.1 Å². The number of benzene rings is 1. The normalized spacial score (nSPS) is 18.9. The third-order valence-electron chi connectivity index (χ3n) is 6.60. The molecule has 3 rings (SSSR count). The van der Waals surface area contributed by atoms with Gasteiger partial charge in [0.25, 0.3) is 5.91 Å². The van der Waals surface area contributed by atoms with E-state index in [1.165, 1.54) is 19.3 Å². The number of carbonyl (C=O) groups is 2. The van der Waals surface area contributed by atoms with Gasteiger partial charge in [0.2, 0.25) is 5.91 Å². The molecule has 1 N–H and O–H groups in total. The number of hydrogen-bond donors (Lipinski definition) is 1. The number of hydrogen-bond acceptors (Lipinski definition) is 3. The van der Waals surface area contributed by atoms with Crippen LogP contribution in [-0.2, 0) is 4.79 Å². The van der Waals surface area contributed by atoms with Crippen LogP contribution < -0.4 is 10.2 Å². The molecule has 5 nitrogen and oxygen atoms in total. The molecule has 2 fully saturated rings. The van der Waals surface area contributed by atoms with Crippen LogP contribution in [-0.4, -0.2) is 48.4 Å². The molecule has 0 unspecified atom stereocenters. The summed E-state index contributed by atoms with van der Waals surface area (Å²) in [6, 6.07) is 8.65. The number of rotatable bonds is 5. The summed E-state index contributed by atoms with van der Waals surface area (Å²) in [4.78, 5) is 30.2. The summed E-state index contributed by atoms with van der Waals surface area (Å²) in [5.41, 5.74) is 1.50. The quantitative estimate of drug-likeness (QED) is 0.767. The second-order valence-corrected chi connectivity index (χ2v) is 9.88. The molecule has 1 saturated carbocycles. The van der Waals surface area contributed by atoms with E-state index in [1.807, 2.05) is 39.0 Å². The molecule has 0 aromatic heterocycles. The number of piperidine rings is 1. The van der Waals surface area contributed by atoms with Gasteiger partial charge >= 0.3 is 0 Å². The second-order valence-electron chi connectivity index (χ2n) is 9.88. The van der Waals surface area contributed by atoms with Gasteiger partial charge in [0.1, 0.15) is 0 Å². The highest BCUT2D eigenvalue weighted by atomic mass is 16.2. The molecule has 1 aliphatic heterocycles. The van der Waals surface area contributed by atoms with Crippen LogP contribution in [0.2, 0.25) is 0 Å². The van der Waals surface area contributed by atoms with E-state index in [-0.39, 0.29) is 23.3 Å². The Bertz CT molecular complexity index is 726. The van der Waals surface area contributed by atoms with Gasteiger partial charge in [0, 0.05) is 42.8 Å². The van der Waals surface area contributed by atoms with Crippen LogP contribution >= 0.6 is 0 Å². The Labute approximate surface area is 182 Å². The second kappa shape index (κ2) is 9.84. The smallest absolute Gasteiger partial charge is 0.256 e. The van der Waals surface area contributed by atoms with E-state index in [1.54, 1.807) is 0 Å². The summed E-state index contributed by atoms with van der Waals surface area (Å²) in [5, 5.41) is 3.20. The molecule has 1 aliphatic carbocycles. The van der Waals surface area contributed by atoms with Crippen molar-refractivity contribution >= 4 is 17.5 Å². The van der Waals surface area contributed by atoms with E-state index in [9.17, 15) is 9.59 Å². The standard InChI is InChI=1S/C25H39N3O2/c1-5-28(20-11-7-6-8-12-20)23(29)21-13-9-10-14-22(21)27-17-15-19(16-18-27)26-24(30)25(2,3)4/h9-10,13-14,19-20H,5-8,11-12,15-18H2,1-4H3,(H,26,30). The summed E-state index contributed by atoms with van der Waals surface area (Å²) in [6.45, 7) is 10.4. The molecule has 1 aromatic carbocycles. The van der Waals surface area contributed by atoms with Crippen LogP contribution in [0.25, 0.3) is 0 Å². The molecule has 1 heterocycles. The molecule has 2 amide bonds. The Morgan fingerprint density at radius 3 is 2.27 bits per heavy atom. The Morgan fingerprint density at radius 2 is 1.67 bits per heavy atom. The van der Waals surface area contributed by atoms with Crippen LogP contribution in [0, 0.1) is 5.41 Å². The van der Waals surface area contributed by atoms with Gasteiger partial charge in [-0.25, -0.2) is 0 Å². The number of amides is 2. The van der Waals surface area contributed by atoms with Crippen molar-refractivity contribution in [2.75, 3.05) is 24.5 Å². The fraction of sp³-hybridized carbons (Fsp3) is 0.680. The van der Waals surface area contributed by atoms with E-state index < -0.39 is 0 Å². The summed E-state index contributed by atoms with van der Waals surface area (Å²) >= 11 is 0. The third-order valence-corrected chi connectivity index (χ3v) is 6.60. The summed E-state index contributed by atoms with van der Waals surface area (Å²) in [5.74, 6) is 0.283. The van der Waals surface area contributed by atoms with E-state index in [0.29, 0.717) is 6.04 Å². The van der Waals surface area contributed by atoms with Crippen molar-refractivity contribution in [3.63, 3.8) is 0 Å². The molecule has 1 saturated heterocycles. The van der Waals surface area contributed by atoms with Crippen LogP contribution in [0.5, 0.6) is 0 Å². The predicted octanol–water partition coefficient (Wildman–Crippen LogP) is 4.61. The van der Waals surface area contributed by atoms with Crippen LogP contribution in [0.4, 0.5) is 5.69 Å². The van der Waals surface area contributed by atoms with Crippen molar-refractivity contribution < 1.29 is 9.59 Å². The highest BCUT2D eigenvalue weighted by Crippen LogP contribution is 2.29. The maximum absolute atomic E-state index is 13.5. The van der Waals surface area contributed by atoms with Gasteiger partial charge in [0.15, 0.2) is 0 Å². The van der Waals surface area contributed by atoms with E-state index in [4.69, 9.17) is 0 Å². The lowest BCUT2D eigenvalue weighted by atomic mass is 9.93. The molecule has 0 bridgehead atoms. The molecule has 0 radical (unpaired) electrons. The van der Waals surface area contributed by atoms with Crippen molar-refractivity contribution in [3.05, 3.63) is 29.8 Å². The first-order valence-electron chi connectivity index (χ1n) is 11.8. The molecule has 1 aromatic rings. The maximum Gasteiger partial charge on any atom is 0.256 e. The number of anilines is 1. The lowest BCUT2D eigenvalue weighted by molar-refractivity contribution is -0.129. The highest BCUT2D eigenvalue weighted by molar-refractivity contribution is 6.00. The molecule has 0 atom stereocenters. The largest absolute Gasteiger partial charge is 0.371 e. The fourth-order valence-corrected chi connectivity index (χ4v) is 4.71. The van der Waals surface area contributed by atoms with E-state index in [0.717, 1.165) is 56.6 Å². The topological polar surface area (TPSA) is 52.7 Å². The number of para-hydroxylation sites is 1. The molecule has 5 heteroatoms. The minimum atomic E-state index is -0.362. The average molecular weight is 414 g/mol. The first-order valence-corrected chi connectivity index (χ1v) is 11.8. The van der Waals surface area contributed by atoms with Gasteiger partial charge in [-0.3, -0.25) is 9.59 Å². The predicted molar refractivity (Wildman–Crippen MR) is 123 cm³/mol. The zero-order valence-electron chi connectivity index (χ0n) is 19.2. The van der Waals surface area contributed by atoms with Crippen LogP contribution in [0.15, 0.2) is 24.3 Å². The van der Waals surface area contributed by atoms with Crippen molar-refractivity contribution in [1.29, 1.82) is 0 Å². The average Bonchev–Trinajstić information content (AvgIpc) is 2.75. The van der Waals surface area contributed by atoms with Gasteiger partial charge in [-0.2, -0.15) is 0 Å². The lowest BCUT2D eigenvalue weighted by Gasteiger charge is -2.37. The van der Waals surface area contributed by atoms with Crippen molar-refractivity contribution in [2.45, 2.75) is 84.7 Å². The summed E-state index contributed by atoms with van der Waals surface area (Å²) < 4.78 is 0. The minimum Gasteiger partial charge on any atom is -0.371 e. The first kappa shape index (κ1) is 22.6. The SMILES string of the molecule is CCN(C(=O)c1ccccc1N1CCC(NC(=O)C(C)(C)C)CC1)C1CCCCC1. The maximum atomic E-state index is 13.5. The zero-order valence-corrected chi connectivity index (χ0v) is 19.2. The number of nitrogens with zero attached hydrogens (tertiary/aromatic N) is 2. The Morgan fingerprint density at radius 1 is 1.03 bits per heavy atom. The monoisotopic (exact) mass is 413 g/mol. The first-order chi connectivity index (χ1) is 14.3. The Kier molecular flexibility index (Phi) is 7.43. The zero-order chi connectivity index (χ0) is 21.7. The summed E-state index contributed by atoms with van der Waals surface area (Å²) in [7, 11) is 0. The minimum absolute atomic E-state index is 0.114. The molecule has 2 aliphatic rings. The van der Waals surface area contributed by atoms with Crippen LogP contribution in [0.1, 0.15) is 83.0 Å². The van der Waals surface area contributed by atoms with E-state index >= 15 is 0 Å². The summed E-state index contributed by atoms with van der Waals surface area (Å²) in [6.07, 6.45) is 7.81. The fourth-order valence-electron chi connectivity index (χ4n) is 4.71. The van der Waals surface area contributed by atoms with Crippen molar-refractivity contribution in [3.8, 4) is 0 Å². The molecule has 166 valence electrons. The lowest BCUT2D eigenvalue weighted by Crippen LogP contribution is -2.48. The molecular weight excluding hydrogens is 374 g/mol. The van der Waals surface area contributed by atoms with Gasteiger partial charge in [-0.15, -0.1) is 0 Å². The van der Waals surface area contributed by atoms with Crippen LogP contribution in [0.3, 0.4) is 0 Å². The molecule has 0 spiro atoms. The third kappa shape index (κ3) is 5.35. The van der Waals surface area contributed by atoms with Gasteiger partial charge < -0.3 is 15.1 Å². The Balaban J connectivity index is 1.68. The Hall–Kier alpha value is -2.04. The number of nitrogens with one attached hydrogen (secondary N) is 1. The van der Waals surface area contributed by atoms with Gasteiger partial charge in [-0.1, -0.05) is 52.2 Å². The molecule has 30 heavy (non-hydrogen) atoms.